The molecule has 0 atom stereocenters. The number of carbonyl (C=O) groups excluding carboxylic acids is 1. The highest BCUT2D eigenvalue weighted by molar-refractivity contribution is 5.75. The maximum absolute atomic E-state index is 11.9. The van der Waals surface area contributed by atoms with Crippen molar-refractivity contribution in [3.05, 3.63) is 0 Å². The molecule has 0 saturated heterocycles. The van der Waals surface area contributed by atoms with E-state index in [1.165, 1.54) is 0 Å². The van der Waals surface area contributed by atoms with Crippen LogP contribution in [0.2, 0.25) is 0 Å². The third kappa shape index (κ3) is 16.2. The molecule has 0 rings (SSSR count). The van der Waals surface area contributed by atoms with Gasteiger partial charge < -0.3 is 24.0 Å². The summed E-state index contributed by atoms with van der Waals surface area (Å²) in [7, 11) is 5.90. The van der Waals surface area contributed by atoms with Crippen LogP contribution in [0, 0.1) is 5.92 Å². The number of hydrogen-bond donors (Lipinski definition) is 0. The molecule has 0 aliphatic carbocycles. The molecule has 0 fully saturated rings. The number of amides is 1. The molecule has 0 aromatic heterocycles. The van der Waals surface area contributed by atoms with E-state index in [0.29, 0.717) is 45.4 Å². The van der Waals surface area contributed by atoms with Crippen molar-refractivity contribution in [1.82, 2.24) is 9.80 Å². The standard InChI is InChI=1S/C18H38N2O4/c1-17(2)7-6-9-20(5)18(21)8-11-22-13-15-24-16-14-23-12-10-19(3)4/h17H,6-16H2,1-5H3. The fourth-order valence-electron chi connectivity index (χ4n) is 2.00. The molecule has 0 radical (unpaired) electrons. The van der Waals surface area contributed by atoms with Gasteiger partial charge in [-0.2, -0.15) is 0 Å². The van der Waals surface area contributed by atoms with Crippen LogP contribution in [0.3, 0.4) is 0 Å². The lowest BCUT2D eigenvalue weighted by Crippen LogP contribution is -2.28. The van der Waals surface area contributed by atoms with Crippen molar-refractivity contribution in [2.24, 2.45) is 5.92 Å². The molecule has 0 spiro atoms. The Morgan fingerprint density at radius 2 is 1.38 bits per heavy atom. The van der Waals surface area contributed by atoms with E-state index >= 15 is 0 Å². The molecule has 0 saturated carbocycles. The van der Waals surface area contributed by atoms with Crippen molar-refractivity contribution >= 4 is 5.91 Å². The first kappa shape index (κ1) is 23.3. The van der Waals surface area contributed by atoms with Crippen molar-refractivity contribution in [1.29, 1.82) is 0 Å². The number of nitrogens with zero attached hydrogens (tertiary/aromatic N) is 2. The molecule has 144 valence electrons. The van der Waals surface area contributed by atoms with Gasteiger partial charge in [0.2, 0.25) is 5.91 Å². The summed E-state index contributed by atoms with van der Waals surface area (Å²) in [6, 6.07) is 0. The average Bonchev–Trinajstić information content (AvgIpc) is 2.51. The highest BCUT2D eigenvalue weighted by atomic mass is 16.5. The van der Waals surface area contributed by atoms with Crippen molar-refractivity contribution in [3.63, 3.8) is 0 Å². The third-order valence-corrected chi connectivity index (χ3v) is 3.59. The monoisotopic (exact) mass is 346 g/mol. The molecule has 1 amide bonds. The van der Waals surface area contributed by atoms with Gasteiger partial charge in [-0.3, -0.25) is 4.79 Å². The maximum Gasteiger partial charge on any atom is 0.224 e. The molecule has 6 nitrogen and oxygen atoms in total. The summed E-state index contributed by atoms with van der Waals surface area (Å²) in [5.74, 6) is 0.837. The predicted molar refractivity (Wildman–Crippen MR) is 97.3 cm³/mol. The number of likely N-dealkylation sites (N-methyl/N-ethyl adjacent to an activating group) is 1. The van der Waals surface area contributed by atoms with Gasteiger partial charge in [0.05, 0.1) is 46.1 Å². The van der Waals surface area contributed by atoms with Gasteiger partial charge in [0.25, 0.3) is 0 Å². The van der Waals surface area contributed by atoms with Gasteiger partial charge in [0, 0.05) is 20.1 Å². The van der Waals surface area contributed by atoms with Gasteiger partial charge >= 0.3 is 0 Å². The van der Waals surface area contributed by atoms with Crippen LogP contribution in [0.25, 0.3) is 0 Å². The van der Waals surface area contributed by atoms with Crippen LogP contribution in [0.4, 0.5) is 0 Å². The molecule has 0 aliphatic heterocycles. The normalized spacial score (nSPS) is 11.5. The zero-order valence-electron chi connectivity index (χ0n) is 16.4. The number of ether oxygens (including phenoxy) is 3. The Morgan fingerprint density at radius 3 is 1.92 bits per heavy atom. The fourth-order valence-corrected chi connectivity index (χ4v) is 2.00. The number of carbonyl (C=O) groups is 1. The fraction of sp³-hybridized carbons (Fsp3) is 0.944. The van der Waals surface area contributed by atoms with Crippen LogP contribution >= 0.6 is 0 Å². The molecule has 0 aliphatic rings. The van der Waals surface area contributed by atoms with Crippen molar-refractivity contribution in [2.45, 2.75) is 33.1 Å². The lowest BCUT2D eigenvalue weighted by Gasteiger charge is -2.17. The molecule has 0 N–H and O–H groups in total. The van der Waals surface area contributed by atoms with Crippen LogP contribution in [0.5, 0.6) is 0 Å². The SMILES string of the molecule is CC(C)CCCN(C)C(=O)CCOCCOCCOCCN(C)C. The quantitative estimate of drug-likeness (QED) is 0.400. The Morgan fingerprint density at radius 1 is 0.833 bits per heavy atom. The summed E-state index contributed by atoms with van der Waals surface area (Å²) in [6.45, 7) is 9.56. The van der Waals surface area contributed by atoms with E-state index in [1.54, 1.807) is 4.90 Å². The third-order valence-electron chi connectivity index (χ3n) is 3.59. The largest absolute Gasteiger partial charge is 0.379 e. The van der Waals surface area contributed by atoms with Crippen molar-refractivity contribution in [3.8, 4) is 0 Å². The Labute approximate surface area is 148 Å². The molecule has 0 heterocycles. The highest BCUT2D eigenvalue weighted by Crippen LogP contribution is 2.04. The van der Waals surface area contributed by atoms with Gasteiger partial charge in [-0.25, -0.2) is 0 Å². The van der Waals surface area contributed by atoms with Crippen LogP contribution < -0.4 is 0 Å². The maximum atomic E-state index is 11.9. The smallest absolute Gasteiger partial charge is 0.224 e. The van der Waals surface area contributed by atoms with Crippen molar-refractivity contribution in [2.75, 3.05) is 73.9 Å². The summed E-state index contributed by atoms with van der Waals surface area (Å²) >= 11 is 0. The summed E-state index contributed by atoms with van der Waals surface area (Å²) in [5, 5.41) is 0. The minimum Gasteiger partial charge on any atom is -0.379 e. The van der Waals surface area contributed by atoms with E-state index in [2.05, 4.69) is 18.7 Å². The lowest BCUT2D eigenvalue weighted by molar-refractivity contribution is -0.131. The second-order valence-corrected chi connectivity index (χ2v) is 6.74. The molecule has 24 heavy (non-hydrogen) atoms. The number of hydrogen-bond acceptors (Lipinski definition) is 5. The number of rotatable bonds is 16. The lowest BCUT2D eigenvalue weighted by atomic mass is 10.1. The molecular formula is C18H38N2O4. The molecule has 6 heteroatoms. The minimum absolute atomic E-state index is 0.147. The molecule has 0 aromatic rings. The second kappa shape index (κ2) is 15.8. The highest BCUT2D eigenvalue weighted by Gasteiger charge is 2.08. The second-order valence-electron chi connectivity index (χ2n) is 6.74. The van der Waals surface area contributed by atoms with Gasteiger partial charge in [0.1, 0.15) is 0 Å². The Balaban J connectivity index is 3.32. The Hall–Kier alpha value is -0.690. The van der Waals surface area contributed by atoms with E-state index in [1.807, 2.05) is 21.1 Å². The van der Waals surface area contributed by atoms with E-state index in [4.69, 9.17) is 14.2 Å². The molecule has 0 aromatic carbocycles. The summed E-state index contributed by atoms with van der Waals surface area (Å²) in [6.07, 6.45) is 2.65. The van der Waals surface area contributed by atoms with Crippen LogP contribution in [-0.2, 0) is 19.0 Å². The topological polar surface area (TPSA) is 51.2 Å². The van der Waals surface area contributed by atoms with E-state index < -0.39 is 0 Å². The van der Waals surface area contributed by atoms with E-state index in [0.717, 1.165) is 32.5 Å². The van der Waals surface area contributed by atoms with E-state index in [9.17, 15) is 4.79 Å². The minimum atomic E-state index is 0.147. The molecular weight excluding hydrogens is 308 g/mol. The summed E-state index contributed by atoms with van der Waals surface area (Å²) in [4.78, 5) is 15.8. The zero-order chi connectivity index (χ0) is 18.2. The Kier molecular flexibility index (Phi) is 15.4. The Bertz CT molecular complexity index is 299. The van der Waals surface area contributed by atoms with E-state index in [-0.39, 0.29) is 5.91 Å². The first-order valence-corrected chi connectivity index (χ1v) is 9.05. The average molecular weight is 347 g/mol. The van der Waals surface area contributed by atoms with Gasteiger partial charge in [-0.1, -0.05) is 13.8 Å². The predicted octanol–water partition coefficient (Wildman–Crippen LogP) is 1.88. The van der Waals surface area contributed by atoms with Gasteiger partial charge in [0.15, 0.2) is 0 Å². The van der Waals surface area contributed by atoms with Gasteiger partial charge in [-0.15, -0.1) is 0 Å². The van der Waals surface area contributed by atoms with Crippen LogP contribution in [0.1, 0.15) is 33.1 Å². The molecule has 0 bridgehead atoms. The first-order chi connectivity index (χ1) is 11.4. The first-order valence-electron chi connectivity index (χ1n) is 9.05. The summed E-state index contributed by atoms with van der Waals surface area (Å²) < 4.78 is 16.3. The van der Waals surface area contributed by atoms with Crippen LogP contribution in [0.15, 0.2) is 0 Å². The zero-order valence-corrected chi connectivity index (χ0v) is 16.4. The summed E-state index contributed by atoms with van der Waals surface area (Å²) in [5.41, 5.74) is 0. The van der Waals surface area contributed by atoms with Crippen LogP contribution in [-0.4, -0.2) is 89.6 Å². The molecule has 0 unspecified atom stereocenters. The van der Waals surface area contributed by atoms with Gasteiger partial charge in [-0.05, 0) is 32.9 Å². The van der Waals surface area contributed by atoms with Crippen molar-refractivity contribution < 1.29 is 19.0 Å².